The number of fused-ring (bicyclic) bond motifs is 2. The van der Waals surface area contributed by atoms with Crippen LogP contribution in [0.3, 0.4) is 0 Å². The van der Waals surface area contributed by atoms with E-state index >= 15 is 0 Å². The highest BCUT2D eigenvalue weighted by atomic mass is 32.1. The molecule has 1 aromatic carbocycles. The first kappa shape index (κ1) is 13.0. The van der Waals surface area contributed by atoms with E-state index in [9.17, 15) is 0 Å². The van der Waals surface area contributed by atoms with E-state index < -0.39 is 0 Å². The highest BCUT2D eigenvalue weighted by molar-refractivity contribution is 7.12. The molecule has 3 nitrogen and oxygen atoms in total. The Morgan fingerprint density at radius 2 is 2.19 bits per heavy atom. The van der Waals surface area contributed by atoms with Gasteiger partial charge in [-0.05, 0) is 37.0 Å². The molecule has 2 heterocycles. The van der Waals surface area contributed by atoms with Crippen molar-refractivity contribution >= 4 is 22.2 Å². The monoisotopic (exact) mass is 297 g/mol. The molecule has 21 heavy (non-hydrogen) atoms. The highest BCUT2D eigenvalue weighted by Gasteiger charge is 2.20. The lowest BCUT2D eigenvalue weighted by molar-refractivity contribution is 0.690. The van der Waals surface area contributed by atoms with Gasteiger partial charge in [-0.1, -0.05) is 18.2 Å². The minimum Gasteiger partial charge on any atom is -0.323 e. The van der Waals surface area contributed by atoms with Crippen LogP contribution >= 0.6 is 11.3 Å². The summed E-state index contributed by atoms with van der Waals surface area (Å²) in [5.74, 6) is 0. The molecule has 3 aromatic rings. The molecule has 0 saturated carbocycles. The topological polar surface area (TPSA) is 43.8 Å². The molecule has 0 bridgehead atoms. The number of nitrogens with two attached hydrogens (primary N) is 1. The average molecular weight is 297 g/mol. The minimum atomic E-state index is 0.0545. The second kappa shape index (κ2) is 4.97. The van der Waals surface area contributed by atoms with Crippen LogP contribution in [-0.2, 0) is 26.3 Å². The Balaban J connectivity index is 1.64. The SMILES string of the molecule is Cn1nc(CC(N)c2cc3c(s2)CCC3)c2ccccc21. The fraction of sp³-hybridized carbons (Fsp3) is 0.353. The van der Waals surface area contributed by atoms with Crippen molar-refractivity contribution in [1.29, 1.82) is 0 Å². The first-order chi connectivity index (χ1) is 10.2. The second-order valence-corrected chi connectivity index (χ2v) is 7.02. The van der Waals surface area contributed by atoms with Crippen molar-refractivity contribution in [1.82, 2.24) is 9.78 Å². The normalized spacial score (nSPS) is 15.5. The summed E-state index contributed by atoms with van der Waals surface area (Å²) in [5, 5.41) is 5.88. The van der Waals surface area contributed by atoms with E-state index in [0.29, 0.717) is 0 Å². The molecule has 0 saturated heterocycles. The van der Waals surface area contributed by atoms with Gasteiger partial charge in [-0.2, -0.15) is 5.10 Å². The van der Waals surface area contributed by atoms with Crippen LogP contribution in [0.1, 0.15) is 33.5 Å². The van der Waals surface area contributed by atoms with Crippen LogP contribution in [0.5, 0.6) is 0 Å². The predicted octanol–water partition coefficient (Wildman–Crippen LogP) is 3.37. The maximum atomic E-state index is 6.45. The Bertz CT molecular complexity index is 778. The van der Waals surface area contributed by atoms with Crippen LogP contribution in [0, 0.1) is 0 Å². The number of aromatic nitrogens is 2. The van der Waals surface area contributed by atoms with Gasteiger partial charge < -0.3 is 5.73 Å². The van der Waals surface area contributed by atoms with E-state index in [1.807, 2.05) is 23.1 Å². The van der Waals surface area contributed by atoms with E-state index in [-0.39, 0.29) is 6.04 Å². The maximum Gasteiger partial charge on any atom is 0.0722 e. The standard InChI is InChI=1S/C17H19N3S/c1-20-15-7-3-2-6-12(15)14(19-20)10-13(18)17-9-11-5-4-8-16(11)21-17/h2-3,6-7,9,13H,4-5,8,10,18H2,1H3. The molecule has 0 spiro atoms. The summed E-state index contributed by atoms with van der Waals surface area (Å²) in [4.78, 5) is 2.86. The number of benzene rings is 1. The van der Waals surface area contributed by atoms with Crippen LogP contribution in [0.25, 0.3) is 10.9 Å². The molecule has 1 aliphatic carbocycles. The Morgan fingerprint density at radius 1 is 1.33 bits per heavy atom. The summed E-state index contributed by atoms with van der Waals surface area (Å²) < 4.78 is 1.95. The molecule has 4 heteroatoms. The summed E-state index contributed by atoms with van der Waals surface area (Å²) >= 11 is 1.90. The van der Waals surface area contributed by atoms with E-state index in [2.05, 4.69) is 35.4 Å². The predicted molar refractivity (Wildman–Crippen MR) is 87.7 cm³/mol. The zero-order chi connectivity index (χ0) is 14.4. The van der Waals surface area contributed by atoms with Crippen molar-refractivity contribution in [2.75, 3.05) is 0 Å². The Kier molecular flexibility index (Phi) is 3.08. The number of nitrogens with zero attached hydrogens (tertiary/aromatic N) is 2. The lowest BCUT2D eigenvalue weighted by Gasteiger charge is -2.08. The van der Waals surface area contributed by atoms with Gasteiger partial charge in [-0.3, -0.25) is 4.68 Å². The van der Waals surface area contributed by atoms with Gasteiger partial charge in [0.05, 0.1) is 11.2 Å². The zero-order valence-electron chi connectivity index (χ0n) is 12.2. The summed E-state index contributed by atoms with van der Waals surface area (Å²) in [6.45, 7) is 0. The summed E-state index contributed by atoms with van der Waals surface area (Å²) in [6.07, 6.45) is 4.58. The van der Waals surface area contributed by atoms with E-state index in [1.54, 1.807) is 4.88 Å². The van der Waals surface area contributed by atoms with Crippen molar-refractivity contribution in [2.45, 2.75) is 31.7 Å². The molecule has 108 valence electrons. The van der Waals surface area contributed by atoms with Gasteiger partial charge in [0.25, 0.3) is 0 Å². The smallest absolute Gasteiger partial charge is 0.0722 e. The minimum absolute atomic E-state index is 0.0545. The van der Waals surface area contributed by atoms with E-state index in [0.717, 1.165) is 12.1 Å². The van der Waals surface area contributed by atoms with Crippen LogP contribution < -0.4 is 5.73 Å². The fourth-order valence-corrected chi connectivity index (χ4v) is 4.54. The number of hydrogen-bond acceptors (Lipinski definition) is 3. The third kappa shape index (κ3) is 2.19. The quantitative estimate of drug-likeness (QED) is 0.805. The Morgan fingerprint density at radius 3 is 3.05 bits per heavy atom. The van der Waals surface area contributed by atoms with Crippen LogP contribution in [-0.4, -0.2) is 9.78 Å². The van der Waals surface area contributed by atoms with Crippen LogP contribution in [0.4, 0.5) is 0 Å². The highest BCUT2D eigenvalue weighted by Crippen LogP contribution is 2.34. The second-order valence-electron chi connectivity index (χ2n) is 5.85. The van der Waals surface area contributed by atoms with Gasteiger partial charge in [-0.25, -0.2) is 0 Å². The molecule has 0 amide bonds. The number of hydrogen-bond donors (Lipinski definition) is 1. The number of rotatable bonds is 3. The Hall–Kier alpha value is -1.65. The zero-order valence-corrected chi connectivity index (χ0v) is 13.0. The fourth-order valence-electron chi connectivity index (χ4n) is 3.28. The molecule has 0 fully saturated rings. The van der Waals surface area contributed by atoms with Gasteiger partial charge in [0.2, 0.25) is 0 Å². The maximum absolute atomic E-state index is 6.45. The van der Waals surface area contributed by atoms with Gasteiger partial charge in [0.15, 0.2) is 0 Å². The largest absolute Gasteiger partial charge is 0.323 e. The molecule has 1 aliphatic rings. The molecule has 1 atom stereocenters. The molecule has 4 rings (SSSR count). The van der Waals surface area contributed by atoms with Gasteiger partial charge in [0, 0.05) is 34.7 Å². The first-order valence-corrected chi connectivity index (χ1v) is 8.31. The molecule has 0 aliphatic heterocycles. The molecule has 2 N–H and O–H groups in total. The molecular weight excluding hydrogens is 278 g/mol. The summed E-state index contributed by atoms with van der Waals surface area (Å²) in [7, 11) is 2.00. The van der Waals surface area contributed by atoms with E-state index in [4.69, 9.17) is 5.73 Å². The Labute approximate surface area is 128 Å². The number of aryl methyl sites for hydroxylation is 3. The molecule has 1 unspecified atom stereocenters. The van der Waals surface area contributed by atoms with Crippen LogP contribution in [0.2, 0.25) is 0 Å². The third-order valence-corrected chi connectivity index (χ3v) is 5.75. The van der Waals surface area contributed by atoms with Crippen molar-refractivity contribution in [2.24, 2.45) is 12.8 Å². The van der Waals surface area contributed by atoms with E-state index in [1.165, 1.54) is 40.6 Å². The first-order valence-electron chi connectivity index (χ1n) is 7.50. The molecular formula is C17H19N3S. The van der Waals surface area contributed by atoms with Gasteiger partial charge >= 0.3 is 0 Å². The molecule has 2 aromatic heterocycles. The van der Waals surface area contributed by atoms with Crippen molar-refractivity contribution in [3.8, 4) is 0 Å². The van der Waals surface area contributed by atoms with Crippen molar-refractivity contribution in [3.63, 3.8) is 0 Å². The van der Waals surface area contributed by atoms with Crippen molar-refractivity contribution < 1.29 is 0 Å². The van der Waals surface area contributed by atoms with Crippen molar-refractivity contribution in [3.05, 3.63) is 51.3 Å². The number of thiophene rings is 1. The van der Waals surface area contributed by atoms with Crippen LogP contribution in [0.15, 0.2) is 30.3 Å². The van der Waals surface area contributed by atoms with Gasteiger partial charge in [-0.15, -0.1) is 11.3 Å². The summed E-state index contributed by atoms with van der Waals surface area (Å²) in [5.41, 5.74) is 10.3. The lowest BCUT2D eigenvalue weighted by atomic mass is 10.1. The number of para-hydroxylation sites is 1. The third-order valence-electron chi connectivity index (χ3n) is 4.38. The lowest BCUT2D eigenvalue weighted by Crippen LogP contribution is -2.12. The van der Waals surface area contributed by atoms with Gasteiger partial charge in [0.1, 0.15) is 0 Å². The molecule has 0 radical (unpaired) electrons. The average Bonchev–Trinajstić information content (AvgIpc) is 3.14. The summed E-state index contributed by atoms with van der Waals surface area (Å²) in [6, 6.07) is 10.7.